The lowest BCUT2D eigenvalue weighted by molar-refractivity contribution is 0.0921. The van der Waals surface area contributed by atoms with Crippen molar-refractivity contribution in [2.75, 3.05) is 13.2 Å². The Bertz CT molecular complexity index is 1150. The first-order chi connectivity index (χ1) is 13.9. The summed E-state index contributed by atoms with van der Waals surface area (Å²) in [5.41, 5.74) is 2.09. The van der Waals surface area contributed by atoms with Crippen LogP contribution in [0.15, 0.2) is 71.1 Å². The molecule has 0 unspecified atom stereocenters. The molecule has 0 fully saturated rings. The summed E-state index contributed by atoms with van der Waals surface area (Å²) >= 11 is 0. The number of amides is 1. The van der Waals surface area contributed by atoms with E-state index >= 15 is 0 Å². The zero-order valence-electron chi connectivity index (χ0n) is 17.0. The summed E-state index contributed by atoms with van der Waals surface area (Å²) in [6, 6.07) is 21.9. The van der Waals surface area contributed by atoms with Gasteiger partial charge in [-0.25, -0.2) is 0 Å². The van der Waals surface area contributed by atoms with Crippen molar-refractivity contribution in [2.45, 2.75) is 26.2 Å². The molecule has 0 saturated carbocycles. The molecule has 4 heteroatoms. The molecular formula is C25H25NO3. The highest BCUT2D eigenvalue weighted by molar-refractivity contribution is 6.08. The Morgan fingerprint density at radius 1 is 0.966 bits per heavy atom. The average molecular weight is 387 g/mol. The number of ether oxygens (including phenoxy) is 1. The van der Waals surface area contributed by atoms with Gasteiger partial charge in [0.2, 0.25) is 0 Å². The maximum atomic E-state index is 12.5. The van der Waals surface area contributed by atoms with Crippen molar-refractivity contribution in [2.24, 2.45) is 0 Å². The molecule has 148 valence electrons. The van der Waals surface area contributed by atoms with Gasteiger partial charge in [-0.15, -0.1) is 0 Å². The lowest BCUT2D eigenvalue weighted by Crippen LogP contribution is -2.27. The normalized spacial score (nSPS) is 11.7. The Morgan fingerprint density at radius 3 is 2.48 bits per heavy atom. The zero-order valence-corrected chi connectivity index (χ0v) is 17.0. The van der Waals surface area contributed by atoms with E-state index in [1.54, 1.807) is 6.07 Å². The minimum absolute atomic E-state index is 0.115. The second kappa shape index (κ2) is 7.63. The molecule has 0 aliphatic carbocycles. The monoisotopic (exact) mass is 387 g/mol. The average Bonchev–Trinajstić information content (AvgIpc) is 3.16. The van der Waals surface area contributed by atoms with Gasteiger partial charge >= 0.3 is 0 Å². The van der Waals surface area contributed by atoms with Gasteiger partial charge in [0.05, 0.1) is 6.54 Å². The summed E-state index contributed by atoms with van der Waals surface area (Å²) in [5, 5.41) is 6.01. The van der Waals surface area contributed by atoms with Crippen molar-refractivity contribution in [3.63, 3.8) is 0 Å². The van der Waals surface area contributed by atoms with Crippen LogP contribution in [0.4, 0.5) is 0 Å². The van der Waals surface area contributed by atoms with Crippen molar-refractivity contribution in [3.05, 3.63) is 78.1 Å². The Kier molecular flexibility index (Phi) is 5.01. The van der Waals surface area contributed by atoms with Crippen LogP contribution in [0.25, 0.3) is 21.7 Å². The number of fused-ring (bicyclic) bond motifs is 3. The van der Waals surface area contributed by atoms with Crippen LogP contribution in [0, 0.1) is 0 Å². The van der Waals surface area contributed by atoms with E-state index in [4.69, 9.17) is 9.15 Å². The number of hydrogen-bond donors (Lipinski definition) is 1. The number of carbonyl (C=O) groups excluding carboxylic acids is 1. The summed E-state index contributed by atoms with van der Waals surface area (Å²) in [7, 11) is 0. The van der Waals surface area contributed by atoms with E-state index in [0.29, 0.717) is 24.5 Å². The standard InChI is InChI=1S/C25H25NO3/c1-25(2,3)18-9-11-19(12-10-18)28-15-14-26-24(27)23-16-21-20-7-5-4-6-17(20)8-13-22(21)29-23/h4-13,16H,14-15H2,1-3H3,(H,26,27). The first-order valence-electron chi connectivity index (χ1n) is 9.85. The third kappa shape index (κ3) is 4.11. The molecular weight excluding hydrogens is 362 g/mol. The Labute approximate surface area is 170 Å². The Morgan fingerprint density at radius 2 is 1.72 bits per heavy atom. The summed E-state index contributed by atoms with van der Waals surface area (Å²) < 4.78 is 11.5. The van der Waals surface area contributed by atoms with Crippen LogP contribution in [-0.2, 0) is 5.41 Å². The van der Waals surface area contributed by atoms with E-state index < -0.39 is 0 Å². The topological polar surface area (TPSA) is 51.5 Å². The SMILES string of the molecule is CC(C)(C)c1ccc(OCCNC(=O)c2cc3c(ccc4ccccc43)o2)cc1. The lowest BCUT2D eigenvalue weighted by atomic mass is 9.87. The van der Waals surface area contributed by atoms with Crippen LogP contribution in [0.3, 0.4) is 0 Å². The van der Waals surface area contributed by atoms with E-state index in [9.17, 15) is 4.79 Å². The first kappa shape index (κ1) is 19.1. The molecule has 1 amide bonds. The molecule has 1 N–H and O–H groups in total. The molecule has 0 atom stereocenters. The van der Waals surface area contributed by atoms with Crippen molar-refractivity contribution in [1.82, 2.24) is 5.32 Å². The molecule has 0 saturated heterocycles. The van der Waals surface area contributed by atoms with Crippen LogP contribution in [0.1, 0.15) is 36.9 Å². The number of benzene rings is 3. The largest absolute Gasteiger partial charge is 0.492 e. The number of carbonyl (C=O) groups is 1. The molecule has 1 heterocycles. The second-order valence-corrected chi connectivity index (χ2v) is 8.19. The van der Waals surface area contributed by atoms with Crippen molar-refractivity contribution in [1.29, 1.82) is 0 Å². The minimum atomic E-state index is -0.239. The number of nitrogens with one attached hydrogen (secondary N) is 1. The highest BCUT2D eigenvalue weighted by Crippen LogP contribution is 2.28. The Hall–Kier alpha value is -3.27. The third-order valence-electron chi connectivity index (χ3n) is 5.03. The molecule has 0 spiro atoms. The predicted molar refractivity (Wildman–Crippen MR) is 117 cm³/mol. The van der Waals surface area contributed by atoms with Gasteiger partial charge in [-0.1, -0.05) is 63.2 Å². The summed E-state index contributed by atoms with van der Waals surface area (Å²) in [4.78, 5) is 12.5. The van der Waals surface area contributed by atoms with Crippen LogP contribution < -0.4 is 10.1 Å². The fourth-order valence-electron chi connectivity index (χ4n) is 3.38. The molecule has 4 rings (SSSR count). The van der Waals surface area contributed by atoms with E-state index in [0.717, 1.165) is 21.9 Å². The second-order valence-electron chi connectivity index (χ2n) is 8.19. The van der Waals surface area contributed by atoms with Crippen LogP contribution in [0.2, 0.25) is 0 Å². The van der Waals surface area contributed by atoms with E-state index in [1.165, 1.54) is 5.56 Å². The predicted octanol–water partition coefficient (Wildman–Crippen LogP) is 5.69. The minimum Gasteiger partial charge on any atom is -0.492 e. The molecule has 3 aromatic carbocycles. The smallest absolute Gasteiger partial charge is 0.287 e. The first-order valence-corrected chi connectivity index (χ1v) is 9.85. The van der Waals surface area contributed by atoms with E-state index in [1.807, 2.05) is 48.5 Å². The highest BCUT2D eigenvalue weighted by atomic mass is 16.5. The van der Waals surface area contributed by atoms with Gasteiger partial charge in [0.15, 0.2) is 5.76 Å². The van der Waals surface area contributed by atoms with Gasteiger partial charge in [-0.2, -0.15) is 0 Å². The van der Waals surface area contributed by atoms with E-state index in [-0.39, 0.29) is 11.3 Å². The quantitative estimate of drug-likeness (QED) is 0.447. The number of rotatable bonds is 5. The molecule has 4 aromatic rings. The maximum Gasteiger partial charge on any atom is 0.287 e. The van der Waals surface area contributed by atoms with Gasteiger partial charge < -0.3 is 14.5 Å². The fraction of sp³-hybridized carbons (Fsp3) is 0.240. The molecule has 1 aromatic heterocycles. The van der Waals surface area contributed by atoms with Crippen LogP contribution >= 0.6 is 0 Å². The van der Waals surface area contributed by atoms with Crippen LogP contribution in [0.5, 0.6) is 5.75 Å². The molecule has 0 aliphatic heterocycles. The van der Waals surface area contributed by atoms with Gasteiger partial charge in [0.1, 0.15) is 17.9 Å². The summed E-state index contributed by atoms with van der Waals surface area (Å²) in [6.45, 7) is 7.33. The van der Waals surface area contributed by atoms with Crippen molar-refractivity contribution in [3.8, 4) is 5.75 Å². The Balaban J connectivity index is 1.36. The third-order valence-corrected chi connectivity index (χ3v) is 5.03. The molecule has 0 aliphatic rings. The molecule has 0 radical (unpaired) electrons. The molecule has 4 nitrogen and oxygen atoms in total. The van der Waals surface area contributed by atoms with Gasteiger partial charge in [-0.3, -0.25) is 4.79 Å². The van der Waals surface area contributed by atoms with Crippen LogP contribution in [-0.4, -0.2) is 19.1 Å². The maximum absolute atomic E-state index is 12.5. The molecule has 29 heavy (non-hydrogen) atoms. The summed E-state index contributed by atoms with van der Waals surface area (Å²) in [6.07, 6.45) is 0. The van der Waals surface area contributed by atoms with Gasteiger partial charge in [0, 0.05) is 5.39 Å². The number of furan rings is 1. The van der Waals surface area contributed by atoms with Crippen molar-refractivity contribution >= 4 is 27.6 Å². The fourth-order valence-corrected chi connectivity index (χ4v) is 3.38. The van der Waals surface area contributed by atoms with Gasteiger partial charge in [0.25, 0.3) is 5.91 Å². The van der Waals surface area contributed by atoms with Gasteiger partial charge in [-0.05, 0) is 46.0 Å². The molecule has 0 bridgehead atoms. The van der Waals surface area contributed by atoms with E-state index in [2.05, 4.69) is 38.2 Å². The highest BCUT2D eigenvalue weighted by Gasteiger charge is 2.14. The lowest BCUT2D eigenvalue weighted by Gasteiger charge is -2.19. The number of hydrogen-bond acceptors (Lipinski definition) is 3. The zero-order chi connectivity index (χ0) is 20.4. The summed E-state index contributed by atoms with van der Waals surface area (Å²) in [5.74, 6) is 0.866. The van der Waals surface area contributed by atoms with Crippen molar-refractivity contribution < 1.29 is 13.9 Å².